The number of likely N-dealkylation sites (N-methyl/N-ethyl adjacent to an activating group) is 2. The van der Waals surface area contributed by atoms with Crippen LogP contribution in [0.15, 0.2) is 11.6 Å². The Morgan fingerprint density at radius 1 is 1.50 bits per heavy atom. The lowest BCUT2D eigenvalue weighted by Gasteiger charge is -2.33. The molecule has 14 heavy (non-hydrogen) atoms. The van der Waals surface area contributed by atoms with Crippen molar-refractivity contribution in [2.75, 3.05) is 21.1 Å². The first-order valence-electron chi connectivity index (χ1n) is 5.25. The maximum Gasteiger partial charge on any atom is 0.105 e. The second-order valence-electron chi connectivity index (χ2n) is 4.51. The van der Waals surface area contributed by atoms with E-state index in [1.54, 1.807) is 0 Å². The van der Waals surface area contributed by atoms with Crippen LogP contribution < -0.4 is 0 Å². The Balaban J connectivity index is 2.21. The summed E-state index contributed by atoms with van der Waals surface area (Å²) in [4.78, 5) is 5.56. The SMILES string of the molecule is CN(C)C(=S)C1=CC[C@@H]2CC[C@H]1N2C. The molecule has 2 nitrogen and oxygen atoms in total. The first-order chi connectivity index (χ1) is 6.61. The Labute approximate surface area is 91.6 Å². The van der Waals surface area contributed by atoms with Gasteiger partial charge in [0.05, 0.1) is 0 Å². The normalized spacial score (nSPS) is 31.5. The van der Waals surface area contributed by atoms with Crippen molar-refractivity contribution in [3.05, 3.63) is 11.6 Å². The van der Waals surface area contributed by atoms with E-state index in [-0.39, 0.29) is 0 Å². The van der Waals surface area contributed by atoms with Crippen LogP contribution in [-0.2, 0) is 0 Å². The first kappa shape index (κ1) is 10.1. The molecule has 2 rings (SSSR count). The summed E-state index contributed by atoms with van der Waals surface area (Å²) in [5.74, 6) is 0. The van der Waals surface area contributed by atoms with Crippen molar-refractivity contribution in [2.45, 2.75) is 31.3 Å². The molecular weight excluding hydrogens is 192 g/mol. The van der Waals surface area contributed by atoms with E-state index in [1.807, 2.05) is 19.0 Å². The standard InChI is InChI=1S/C11H18N2S/c1-12(2)11(14)9-6-4-8-5-7-10(9)13(8)3/h6,8,10H,4-5,7H2,1-3H3/t8-,10-/m1/s1. The van der Waals surface area contributed by atoms with E-state index < -0.39 is 0 Å². The molecule has 0 aromatic rings. The predicted molar refractivity (Wildman–Crippen MR) is 63.6 cm³/mol. The van der Waals surface area contributed by atoms with Crippen molar-refractivity contribution in [3.8, 4) is 0 Å². The minimum absolute atomic E-state index is 0.587. The van der Waals surface area contributed by atoms with E-state index in [0.717, 1.165) is 11.0 Å². The van der Waals surface area contributed by atoms with E-state index in [2.05, 4.69) is 18.0 Å². The van der Waals surface area contributed by atoms with Crippen LogP contribution in [0.3, 0.4) is 0 Å². The van der Waals surface area contributed by atoms with Gasteiger partial charge in [-0.1, -0.05) is 18.3 Å². The topological polar surface area (TPSA) is 6.48 Å². The van der Waals surface area contributed by atoms with Crippen molar-refractivity contribution in [1.82, 2.24) is 9.80 Å². The molecule has 0 aliphatic carbocycles. The highest BCUT2D eigenvalue weighted by Gasteiger charge is 2.36. The van der Waals surface area contributed by atoms with Crippen molar-refractivity contribution < 1.29 is 0 Å². The van der Waals surface area contributed by atoms with Gasteiger partial charge in [0, 0.05) is 26.2 Å². The molecule has 0 N–H and O–H groups in total. The van der Waals surface area contributed by atoms with Gasteiger partial charge in [0.1, 0.15) is 4.99 Å². The fourth-order valence-electron chi connectivity index (χ4n) is 2.56. The summed E-state index contributed by atoms with van der Waals surface area (Å²) in [5.41, 5.74) is 1.38. The minimum atomic E-state index is 0.587. The quantitative estimate of drug-likeness (QED) is 0.608. The maximum atomic E-state index is 5.44. The maximum absolute atomic E-state index is 5.44. The third-order valence-electron chi connectivity index (χ3n) is 3.46. The Hall–Kier alpha value is -0.410. The number of fused-ring (bicyclic) bond motifs is 2. The van der Waals surface area contributed by atoms with Crippen molar-refractivity contribution in [2.24, 2.45) is 0 Å². The highest BCUT2D eigenvalue weighted by molar-refractivity contribution is 7.80. The van der Waals surface area contributed by atoms with Gasteiger partial charge >= 0.3 is 0 Å². The molecule has 0 amide bonds. The molecule has 0 aromatic heterocycles. The van der Waals surface area contributed by atoms with Crippen LogP contribution in [0, 0.1) is 0 Å². The first-order valence-corrected chi connectivity index (χ1v) is 5.65. The largest absolute Gasteiger partial charge is 0.369 e. The Morgan fingerprint density at radius 3 is 2.86 bits per heavy atom. The molecule has 2 heterocycles. The van der Waals surface area contributed by atoms with Crippen LogP contribution in [0.25, 0.3) is 0 Å². The Morgan fingerprint density at radius 2 is 2.21 bits per heavy atom. The molecule has 3 heteroatoms. The molecular formula is C11H18N2S. The number of thiocarbonyl (C=S) groups is 1. The average Bonchev–Trinajstić information content (AvgIpc) is 2.38. The monoisotopic (exact) mass is 210 g/mol. The number of hydrogen-bond acceptors (Lipinski definition) is 2. The molecule has 1 saturated heterocycles. The van der Waals surface area contributed by atoms with Crippen molar-refractivity contribution in [1.29, 1.82) is 0 Å². The summed E-state index contributed by atoms with van der Waals surface area (Å²) in [6, 6.07) is 1.36. The second kappa shape index (κ2) is 3.63. The van der Waals surface area contributed by atoms with Gasteiger partial charge in [-0.25, -0.2) is 0 Å². The third-order valence-corrected chi connectivity index (χ3v) is 4.06. The van der Waals surface area contributed by atoms with Crippen LogP contribution in [-0.4, -0.2) is 48.0 Å². The zero-order valence-electron chi connectivity index (χ0n) is 9.16. The summed E-state index contributed by atoms with van der Waals surface area (Å²) in [5, 5.41) is 0. The molecule has 0 spiro atoms. The molecule has 2 aliphatic heterocycles. The fraction of sp³-hybridized carbons (Fsp3) is 0.727. The van der Waals surface area contributed by atoms with Crippen LogP contribution in [0.2, 0.25) is 0 Å². The van der Waals surface area contributed by atoms with Gasteiger partial charge in [-0.15, -0.1) is 0 Å². The Kier molecular flexibility index (Phi) is 2.62. The summed E-state index contributed by atoms with van der Waals surface area (Å²) < 4.78 is 0. The van der Waals surface area contributed by atoms with Gasteiger partial charge in [-0.3, -0.25) is 4.90 Å². The molecule has 0 saturated carbocycles. The van der Waals surface area contributed by atoms with Gasteiger partial charge in [0.15, 0.2) is 0 Å². The lowest BCUT2D eigenvalue weighted by Crippen LogP contribution is -2.40. The zero-order valence-corrected chi connectivity index (χ0v) is 9.97. The number of nitrogens with zero attached hydrogens (tertiary/aromatic N) is 2. The van der Waals surface area contributed by atoms with Gasteiger partial charge < -0.3 is 4.90 Å². The molecule has 2 atom stereocenters. The molecule has 2 aliphatic rings. The van der Waals surface area contributed by atoms with Gasteiger partial charge in [-0.05, 0) is 31.9 Å². The van der Waals surface area contributed by atoms with Crippen molar-refractivity contribution >= 4 is 17.2 Å². The summed E-state index contributed by atoms with van der Waals surface area (Å²) in [6.45, 7) is 0. The van der Waals surface area contributed by atoms with E-state index in [0.29, 0.717) is 6.04 Å². The average molecular weight is 210 g/mol. The molecule has 2 bridgehead atoms. The van der Waals surface area contributed by atoms with Crippen LogP contribution in [0.4, 0.5) is 0 Å². The third kappa shape index (κ3) is 1.48. The predicted octanol–water partition coefficient (Wildman–Crippen LogP) is 1.67. The highest BCUT2D eigenvalue weighted by atomic mass is 32.1. The lowest BCUT2D eigenvalue weighted by atomic mass is 10.0. The zero-order chi connectivity index (χ0) is 10.3. The summed E-state index contributed by atoms with van der Waals surface area (Å²) in [7, 11) is 6.29. The van der Waals surface area contributed by atoms with Gasteiger partial charge in [0.25, 0.3) is 0 Å². The minimum Gasteiger partial charge on any atom is -0.369 e. The lowest BCUT2D eigenvalue weighted by molar-refractivity contribution is 0.254. The van der Waals surface area contributed by atoms with Crippen LogP contribution >= 0.6 is 12.2 Å². The van der Waals surface area contributed by atoms with Crippen LogP contribution in [0.5, 0.6) is 0 Å². The number of hydrogen-bond donors (Lipinski definition) is 0. The number of rotatable bonds is 1. The van der Waals surface area contributed by atoms with Crippen molar-refractivity contribution in [3.63, 3.8) is 0 Å². The molecule has 0 aromatic carbocycles. The summed E-state index contributed by atoms with van der Waals surface area (Å²) >= 11 is 5.44. The molecule has 78 valence electrons. The fourth-order valence-corrected chi connectivity index (χ4v) is 2.78. The van der Waals surface area contributed by atoms with E-state index in [9.17, 15) is 0 Å². The van der Waals surface area contributed by atoms with E-state index in [1.165, 1.54) is 24.8 Å². The molecule has 1 fully saturated rings. The van der Waals surface area contributed by atoms with Gasteiger partial charge in [-0.2, -0.15) is 0 Å². The Bertz CT molecular complexity index is 283. The molecule has 0 radical (unpaired) electrons. The summed E-state index contributed by atoms with van der Waals surface area (Å²) in [6.07, 6.45) is 6.14. The van der Waals surface area contributed by atoms with E-state index >= 15 is 0 Å². The highest BCUT2D eigenvalue weighted by Crippen LogP contribution is 2.34. The van der Waals surface area contributed by atoms with Gasteiger partial charge in [0.2, 0.25) is 0 Å². The molecule has 0 unspecified atom stereocenters. The smallest absolute Gasteiger partial charge is 0.105 e. The second-order valence-corrected chi connectivity index (χ2v) is 4.89. The van der Waals surface area contributed by atoms with E-state index in [4.69, 9.17) is 12.2 Å². The van der Waals surface area contributed by atoms with Crippen LogP contribution in [0.1, 0.15) is 19.3 Å².